The van der Waals surface area contributed by atoms with Gasteiger partial charge in [-0.05, 0) is 44.5 Å². The molecule has 1 N–H and O–H groups in total. The average molecular weight is 290 g/mol. The number of benzene rings is 1. The van der Waals surface area contributed by atoms with E-state index in [9.17, 15) is 8.78 Å². The van der Waals surface area contributed by atoms with Crippen LogP contribution in [0, 0.1) is 11.6 Å². The Balaban J connectivity index is 2.78. The molecule has 0 unspecified atom stereocenters. The van der Waals surface area contributed by atoms with E-state index in [1.165, 1.54) is 23.7 Å². The molecule has 0 spiro atoms. The largest absolute Gasteiger partial charge is 0.483 e. The van der Waals surface area contributed by atoms with E-state index in [0.717, 1.165) is 0 Å². The topological polar surface area (TPSA) is 21.3 Å². The van der Waals surface area contributed by atoms with Crippen molar-refractivity contribution < 1.29 is 13.5 Å². The lowest BCUT2D eigenvalue weighted by Gasteiger charge is -2.20. The van der Waals surface area contributed by atoms with Crippen molar-refractivity contribution in [3.8, 4) is 5.75 Å². The van der Waals surface area contributed by atoms with Crippen LogP contribution in [0.15, 0.2) is 23.7 Å². The van der Waals surface area contributed by atoms with Crippen LogP contribution in [0.25, 0.3) is 0 Å². The van der Waals surface area contributed by atoms with Crippen LogP contribution in [0.5, 0.6) is 5.75 Å². The zero-order valence-electron chi connectivity index (χ0n) is 11.3. The van der Waals surface area contributed by atoms with Gasteiger partial charge in [0.25, 0.3) is 0 Å². The Kier molecular flexibility index (Phi) is 5.76. The first kappa shape index (κ1) is 15.9. The van der Waals surface area contributed by atoms with E-state index >= 15 is 0 Å². The van der Waals surface area contributed by atoms with Crippen molar-refractivity contribution in [2.45, 2.75) is 32.9 Å². The Bertz CT molecular complexity index is 432. The van der Waals surface area contributed by atoms with Gasteiger partial charge < -0.3 is 10.1 Å². The predicted octanol–water partition coefficient (Wildman–Crippen LogP) is 3.98. The summed E-state index contributed by atoms with van der Waals surface area (Å²) in [5.41, 5.74) is 1.65. The van der Waals surface area contributed by atoms with Gasteiger partial charge in [-0.15, -0.1) is 0 Å². The van der Waals surface area contributed by atoms with Crippen molar-refractivity contribution in [3.05, 3.63) is 40.9 Å². The van der Waals surface area contributed by atoms with Gasteiger partial charge in [0, 0.05) is 17.6 Å². The maximum absolute atomic E-state index is 13.7. The fourth-order valence-electron chi connectivity index (χ4n) is 1.39. The van der Waals surface area contributed by atoms with E-state index in [1.54, 1.807) is 0 Å². The summed E-state index contributed by atoms with van der Waals surface area (Å²) in [6.45, 7) is 6.36. The molecule has 0 aliphatic heterocycles. The van der Waals surface area contributed by atoms with Gasteiger partial charge in [0.1, 0.15) is 6.61 Å². The van der Waals surface area contributed by atoms with E-state index in [1.807, 2.05) is 20.8 Å². The summed E-state index contributed by atoms with van der Waals surface area (Å²) in [6, 6.07) is 2.53. The van der Waals surface area contributed by atoms with Crippen LogP contribution in [0.1, 0.15) is 26.3 Å². The monoisotopic (exact) mass is 289 g/mol. The lowest BCUT2D eigenvalue weighted by atomic mass is 10.1. The minimum absolute atomic E-state index is 0.0247. The predicted molar refractivity (Wildman–Crippen MR) is 73.4 cm³/mol. The smallest absolute Gasteiger partial charge is 0.191 e. The zero-order valence-corrected chi connectivity index (χ0v) is 12.0. The Hall–Kier alpha value is -1.13. The van der Waals surface area contributed by atoms with Crippen molar-refractivity contribution >= 4 is 11.6 Å². The molecule has 2 nitrogen and oxygen atoms in total. The summed E-state index contributed by atoms with van der Waals surface area (Å²) < 4.78 is 32.4. The lowest BCUT2D eigenvalue weighted by Crippen LogP contribution is -2.35. The molecule has 0 aliphatic rings. The minimum Gasteiger partial charge on any atom is -0.483 e. The average Bonchev–Trinajstić information content (AvgIpc) is 2.29. The molecule has 1 aromatic carbocycles. The van der Waals surface area contributed by atoms with Gasteiger partial charge in [-0.25, -0.2) is 8.78 Å². The summed E-state index contributed by atoms with van der Waals surface area (Å²) in [6.07, 6.45) is 1.45. The molecule has 1 rings (SSSR count). The molecule has 19 heavy (non-hydrogen) atoms. The van der Waals surface area contributed by atoms with Gasteiger partial charge in [0.2, 0.25) is 0 Å². The minimum atomic E-state index is -0.714. The molecule has 0 radical (unpaired) electrons. The third-order valence-corrected chi connectivity index (χ3v) is 2.47. The van der Waals surface area contributed by atoms with Crippen molar-refractivity contribution in [3.63, 3.8) is 0 Å². The van der Waals surface area contributed by atoms with Crippen molar-refractivity contribution in [2.24, 2.45) is 0 Å². The highest BCUT2D eigenvalue weighted by Gasteiger charge is 2.14. The molecule has 0 heterocycles. The Morgan fingerprint density at radius 1 is 1.26 bits per heavy atom. The first-order valence-electron chi connectivity index (χ1n) is 5.94. The number of halogens is 3. The lowest BCUT2D eigenvalue weighted by molar-refractivity contribution is 0.320. The number of hydrogen-bond donors (Lipinski definition) is 1. The molecule has 5 heteroatoms. The maximum Gasteiger partial charge on any atom is 0.191 e. The Morgan fingerprint density at radius 3 is 2.32 bits per heavy atom. The molecule has 0 saturated heterocycles. The molecule has 0 saturated carbocycles. The summed E-state index contributed by atoms with van der Waals surface area (Å²) in [5.74, 6) is -1.81. The molecule has 1 aromatic rings. The Morgan fingerprint density at radius 2 is 1.84 bits per heavy atom. The zero-order chi connectivity index (χ0) is 14.5. The summed E-state index contributed by atoms with van der Waals surface area (Å²) in [7, 11) is 0. The molecule has 0 aromatic heterocycles. The number of ether oxygens (including phenoxy) is 1. The molecule has 0 aliphatic carbocycles. The fraction of sp³-hybridized carbons (Fsp3) is 0.429. The van der Waals surface area contributed by atoms with E-state index < -0.39 is 11.6 Å². The second-order valence-electron chi connectivity index (χ2n) is 5.16. The highest BCUT2D eigenvalue weighted by molar-refractivity contribution is 6.25. The van der Waals surface area contributed by atoms with Crippen LogP contribution < -0.4 is 10.1 Å². The summed E-state index contributed by atoms with van der Waals surface area (Å²) in [5, 5.41) is 3.16. The third kappa shape index (κ3) is 5.57. The number of hydrogen-bond acceptors (Lipinski definition) is 2. The van der Waals surface area contributed by atoms with Gasteiger partial charge in [-0.3, -0.25) is 0 Å². The van der Waals surface area contributed by atoms with Crippen molar-refractivity contribution in [1.82, 2.24) is 5.32 Å². The van der Waals surface area contributed by atoms with Crippen LogP contribution in [0.2, 0.25) is 0 Å². The first-order chi connectivity index (χ1) is 8.83. The molecule has 106 valence electrons. The van der Waals surface area contributed by atoms with E-state index in [2.05, 4.69) is 5.32 Å². The van der Waals surface area contributed by atoms with E-state index in [-0.39, 0.29) is 17.9 Å². The number of rotatable bonds is 5. The second-order valence-corrected chi connectivity index (χ2v) is 5.42. The van der Waals surface area contributed by atoms with Crippen LogP contribution in [-0.4, -0.2) is 12.1 Å². The fourth-order valence-corrected chi connectivity index (χ4v) is 1.46. The van der Waals surface area contributed by atoms with Gasteiger partial charge in [-0.2, -0.15) is 0 Å². The summed E-state index contributed by atoms with van der Waals surface area (Å²) in [4.78, 5) is 0. The highest BCUT2D eigenvalue weighted by Crippen LogP contribution is 2.23. The van der Waals surface area contributed by atoms with Crippen LogP contribution in [0.3, 0.4) is 0 Å². The standard InChI is InChI=1S/C14H18ClF2NO/c1-14(2,3)18-9-10-7-11(16)13(12(17)8-10)19-6-4-5-15/h4-5,7-8,18H,6,9H2,1-3H3. The first-order valence-corrected chi connectivity index (χ1v) is 6.38. The molecule has 0 fully saturated rings. The number of nitrogens with one attached hydrogen (secondary N) is 1. The van der Waals surface area contributed by atoms with E-state index in [4.69, 9.17) is 16.3 Å². The SMILES string of the molecule is CC(C)(C)NCc1cc(F)c(OCC=CCl)c(F)c1. The van der Waals surface area contributed by atoms with Gasteiger partial charge >= 0.3 is 0 Å². The molecule has 0 amide bonds. The summed E-state index contributed by atoms with van der Waals surface area (Å²) >= 11 is 5.30. The molecular weight excluding hydrogens is 272 g/mol. The quantitative estimate of drug-likeness (QED) is 0.885. The van der Waals surface area contributed by atoms with Crippen LogP contribution in [-0.2, 0) is 6.54 Å². The normalized spacial score (nSPS) is 12.1. The maximum atomic E-state index is 13.7. The van der Waals surface area contributed by atoms with Crippen LogP contribution >= 0.6 is 11.6 Å². The second kappa shape index (κ2) is 6.87. The molecule has 0 bridgehead atoms. The Labute approximate surface area is 117 Å². The van der Waals surface area contributed by atoms with Crippen molar-refractivity contribution in [2.75, 3.05) is 6.61 Å². The molecular formula is C14H18ClF2NO. The van der Waals surface area contributed by atoms with Crippen molar-refractivity contribution in [1.29, 1.82) is 0 Å². The van der Waals surface area contributed by atoms with Gasteiger partial charge in [0.05, 0.1) is 0 Å². The molecule has 0 atom stereocenters. The highest BCUT2D eigenvalue weighted by atomic mass is 35.5. The van der Waals surface area contributed by atoms with Gasteiger partial charge in [-0.1, -0.05) is 11.6 Å². The van der Waals surface area contributed by atoms with Gasteiger partial charge in [0.15, 0.2) is 17.4 Å². The van der Waals surface area contributed by atoms with E-state index in [0.29, 0.717) is 12.1 Å². The van der Waals surface area contributed by atoms with Crippen LogP contribution in [0.4, 0.5) is 8.78 Å². The third-order valence-electron chi connectivity index (χ3n) is 2.29.